The Morgan fingerprint density at radius 1 is 1.44 bits per heavy atom. The van der Waals surface area contributed by atoms with E-state index in [4.69, 9.17) is 14.2 Å². The number of hydrogen-bond acceptors (Lipinski definition) is 3. The van der Waals surface area contributed by atoms with Gasteiger partial charge in [0.1, 0.15) is 5.75 Å². The fraction of sp³-hybridized carbons (Fsp3) is 0.538. The monoisotopic (exact) mass is 222 g/mol. The highest BCUT2D eigenvalue weighted by Gasteiger charge is 2.32. The van der Waals surface area contributed by atoms with Crippen LogP contribution in [0.15, 0.2) is 24.3 Å². The molecule has 0 N–H and O–H groups in total. The minimum absolute atomic E-state index is 0.141. The van der Waals surface area contributed by atoms with Crippen molar-refractivity contribution in [1.29, 1.82) is 0 Å². The van der Waals surface area contributed by atoms with Gasteiger partial charge in [0.05, 0.1) is 19.8 Å². The molecule has 3 nitrogen and oxygen atoms in total. The van der Waals surface area contributed by atoms with Crippen LogP contribution < -0.4 is 4.74 Å². The average Bonchev–Trinajstić information content (AvgIpc) is 2.58. The van der Waals surface area contributed by atoms with Gasteiger partial charge in [-0.25, -0.2) is 0 Å². The van der Waals surface area contributed by atoms with Crippen molar-refractivity contribution >= 4 is 0 Å². The van der Waals surface area contributed by atoms with E-state index in [9.17, 15) is 0 Å². The second kappa shape index (κ2) is 4.44. The van der Waals surface area contributed by atoms with E-state index in [1.165, 1.54) is 5.56 Å². The molecule has 1 aliphatic heterocycles. The van der Waals surface area contributed by atoms with Crippen molar-refractivity contribution in [2.24, 2.45) is 0 Å². The highest BCUT2D eigenvalue weighted by atomic mass is 16.7. The van der Waals surface area contributed by atoms with Crippen LogP contribution in [-0.2, 0) is 15.9 Å². The molecule has 1 aromatic carbocycles. The van der Waals surface area contributed by atoms with Crippen LogP contribution in [-0.4, -0.2) is 25.6 Å². The molecular weight excluding hydrogens is 204 g/mol. The molecular formula is C13H18O3. The van der Waals surface area contributed by atoms with Crippen molar-refractivity contribution < 1.29 is 14.2 Å². The first-order valence-corrected chi connectivity index (χ1v) is 5.54. The molecule has 1 aromatic rings. The third-order valence-corrected chi connectivity index (χ3v) is 2.66. The van der Waals surface area contributed by atoms with Crippen LogP contribution >= 0.6 is 0 Å². The van der Waals surface area contributed by atoms with E-state index in [0.29, 0.717) is 6.61 Å². The molecule has 16 heavy (non-hydrogen) atoms. The maximum Gasteiger partial charge on any atom is 0.163 e. The van der Waals surface area contributed by atoms with Gasteiger partial charge in [0.2, 0.25) is 0 Å². The van der Waals surface area contributed by atoms with Crippen LogP contribution in [0.25, 0.3) is 0 Å². The van der Waals surface area contributed by atoms with E-state index in [2.05, 4.69) is 6.07 Å². The third-order valence-electron chi connectivity index (χ3n) is 2.66. The second-order valence-corrected chi connectivity index (χ2v) is 4.51. The third kappa shape index (κ3) is 2.74. The summed E-state index contributed by atoms with van der Waals surface area (Å²) in [5.74, 6) is 0.444. The first kappa shape index (κ1) is 11.4. The van der Waals surface area contributed by atoms with Gasteiger partial charge in [0.25, 0.3) is 0 Å². The van der Waals surface area contributed by atoms with E-state index in [0.717, 1.165) is 12.2 Å². The van der Waals surface area contributed by atoms with Gasteiger partial charge in [-0.05, 0) is 31.5 Å². The Morgan fingerprint density at radius 3 is 2.88 bits per heavy atom. The number of methoxy groups -OCH3 is 1. The summed E-state index contributed by atoms with van der Waals surface area (Å²) < 4.78 is 16.5. The van der Waals surface area contributed by atoms with Crippen LogP contribution in [0.5, 0.6) is 5.75 Å². The largest absolute Gasteiger partial charge is 0.497 e. The summed E-state index contributed by atoms with van der Waals surface area (Å²) in [6.45, 7) is 4.54. The molecule has 0 amide bonds. The highest BCUT2D eigenvalue weighted by molar-refractivity contribution is 5.28. The fourth-order valence-corrected chi connectivity index (χ4v) is 1.93. The van der Waals surface area contributed by atoms with Crippen molar-refractivity contribution in [2.75, 3.05) is 13.7 Å². The maximum absolute atomic E-state index is 5.76. The minimum atomic E-state index is -0.441. The first-order chi connectivity index (χ1) is 7.59. The van der Waals surface area contributed by atoms with Crippen LogP contribution in [0.4, 0.5) is 0 Å². The summed E-state index contributed by atoms with van der Waals surface area (Å²) >= 11 is 0. The lowest BCUT2D eigenvalue weighted by atomic mass is 10.1. The van der Waals surface area contributed by atoms with E-state index in [1.54, 1.807) is 7.11 Å². The van der Waals surface area contributed by atoms with Crippen LogP contribution in [0.1, 0.15) is 19.4 Å². The zero-order valence-corrected chi connectivity index (χ0v) is 10.0. The zero-order chi connectivity index (χ0) is 11.6. The van der Waals surface area contributed by atoms with Gasteiger partial charge >= 0.3 is 0 Å². The Labute approximate surface area is 96.3 Å². The maximum atomic E-state index is 5.76. The predicted molar refractivity (Wildman–Crippen MR) is 61.6 cm³/mol. The number of rotatable bonds is 3. The van der Waals surface area contributed by atoms with E-state index in [1.807, 2.05) is 32.0 Å². The molecule has 0 aromatic heterocycles. The summed E-state index contributed by atoms with van der Waals surface area (Å²) in [7, 11) is 1.68. The first-order valence-electron chi connectivity index (χ1n) is 5.54. The van der Waals surface area contributed by atoms with Crippen LogP contribution in [0.3, 0.4) is 0 Å². The van der Waals surface area contributed by atoms with Gasteiger partial charge < -0.3 is 14.2 Å². The number of ether oxygens (including phenoxy) is 3. The van der Waals surface area contributed by atoms with Crippen molar-refractivity contribution in [2.45, 2.75) is 32.2 Å². The minimum Gasteiger partial charge on any atom is -0.497 e. The smallest absolute Gasteiger partial charge is 0.163 e. The SMILES string of the molecule is COc1cccc(C[C@@H]2COC(C)(C)O2)c1. The van der Waals surface area contributed by atoms with Gasteiger partial charge in [-0.1, -0.05) is 12.1 Å². The van der Waals surface area contributed by atoms with Gasteiger partial charge in [0, 0.05) is 6.42 Å². The number of benzene rings is 1. The van der Waals surface area contributed by atoms with Gasteiger partial charge in [-0.15, -0.1) is 0 Å². The van der Waals surface area contributed by atoms with Crippen molar-refractivity contribution in [3.8, 4) is 5.75 Å². The Kier molecular flexibility index (Phi) is 3.17. The molecule has 0 bridgehead atoms. The lowest BCUT2D eigenvalue weighted by molar-refractivity contribution is -0.138. The standard InChI is InChI=1S/C13H18O3/c1-13(2)15-9-12(16-13)8-10-5-4-6-11(7-10)14-3/h4-7,12H,8-9H2,1-3H3/t12-/m1/s1. The topological polar surface area (TPSA) is 27.7 Å². The van der Waals surface area contributed by atoms with E-state index < -0.39 is 5.79 Å². The molecule has 2 rings (SSSR count). The normalized spacial score (nSPS) is 23.3. The van der Waals surface area contributed by atoms with Crippen LogP contribution in [0, 0.1) is 0 Å². The summed E-state index contributed by atoms with van der Waals surface area (Å²) in [5, 5.41) is 0. The molecule has 88 valence electrons. The zero-order valence-electron chi connectivity index (χ0n) is 10.0. The molecule has 3 heteroatoms. The lowest BCUT2D eigenvalue weighted by Gasteiger charge is -2.17. The molecule has 1 heterocycles. The summed E-state index contributed by atoms with van der Waals surface area (Å²) in [6, 6.07) is 8.06. The van der Waals surface area contributed by atoms with Crippen molar-refractivity contribution in [3.05, 3.63) is 29.8 Å². The fourth-order valence-electron chi connectivity index (χ4n) is 1.93. The Hall–Kier alpha value is -1.06. The van der Waals surface area contributed by atoms with Gasteiger partial charge in [-0.2, -0.15) is 0 Å². The summed E-state index contributed by atoms with van der Waals surface area (Å²) in [6.07, 6.45) is 1.00. The highest BCUT2D eigenvalue weighted by Crippen LogP contribution is 2.25. The molecule has 0 spiro atoms. The van der Waals surface area contributed by atoms with Crippen molar-refractivity contribution in [1.82, 2.24) is 0 Å². The van der Waals surface area contributed by atoms with Gasteiger partial charge in [0.15, 0.2) is 5.79 Å². The lowest BCUT2D eigenvalue weighted by Crippen LogP contribution is -2.22. The Bertz CT molecular complexity index is 360. The molecule has 1 aliphatic rings. The van der Waals surface area contributed by atoms with E-state index in [-0.39, 0.29) is 6.10 Å². The average molecular weight is 222 g/mol. The summed E-state index contributed by atoms with van der Waals surface area (Å²) in [4.78, 5) is 0. The van der Waals surface area contributed by atoms with Crippen LogP contribution in [0.2, 0.25) is 0 Å². The Balaban J connectivity index is 1.99. The predicted octanol–water partition coefficient (Wildman–Crippen LogP) is 2.39. The molecule has 0 unspecified atom stereocenters. The van der Waals surface area contributed by atoms with Gasteiger partial charge in [-0.3, -0.25) is 0 Å². The molecule has 1 saturated heterocycles. The molecule has 0 aliphatic carbocycles. The Morgan fingerprint density at radius 2 is 2.25 bits per heavy atom. The number of hydrogen-bond donors (Lipinski definition) is 0. The van der Waals surface area contributed by atoms with E-state index >= 15 is 0 Å². The summed E-state index contributed by atoms with van der Waals surface area (Å²) in [5.41, 5.74) is 1.21. The second-order valence-electron chi connectivity index (χ2n) is 4.51. The van der Waals surface area contributed by atoms with Crippen molar-refractivity contribution in [3.63, 3.8) is 0 Å². The molecule has 1 atom stereocenters. The molecule has 0 radical (unpaired) electrons. The quantitative estimate of drug-likeness (QED) is 0.786. The molecule has 0 saturated carbocycles. The molecule has 1 fully saturated rings.